The smallest absolute Gasteiger partial charge is 0.175 e. The fraction of sp³-hybridized carbons (Fsp3) is 0.520. The molecule has 0 saturated heterocycles. The van der Waals surface area contributed by atoms with E-state index in [2.05, 4.69) is 20.3 Å². The van der Waals surface area contributed by atoms with E-state index in [-0.39, 0.29) is 5.41 Å². The summed E-state index contributed by atoms with van der Waals surface area (Å²) < 4.78 is 24.5. The van der Waals surface area contributed by atoms with E-state index in [0.29, 0.717) is 53.8 Å². The highest BCUT2D eigenvalue weighted by Crippen LogP contribution is 2.28. The zero-order valence-corrected chi connectivity index (χ0v) is 21.9. The third kappa shape index (κ3) is 6.62. The third-order valence-electron chi connectivity index (χ3n) is 5.48. The molecule has 9 heteroatoms. The van der Waals surface area contributed by atoms with E-state index in [1.807, 2.05) is 46.8 Å². The Morgan fingerprint density at radius 1 is 1.03 bits per heavy atom. The first-order valence-corrected chi connectivity index (χ1v) is 13.3. The van der Waals surface area contributed by atoms with Crippen molar-refractivity contribution in [1.29, 1.82) is 0 Å². The van der Waals surface area contributed by atoms with Crippen LogP contribution in [0.5, 0.6) is 0 Å². The normalized spacial score (nSPS) is 15.9. The van der Waals surface area contributed by atoms with E-state index < -0.39 is 9.84 Å². The molecule has 8 nitrogen and oxygen atoms in total. The number of fused-ring (bicyclic) bond motifs is 1. The Bertz CT molecular complexity index is 1210. The second kappa shape index (κ2) is 10.2. The molecule has 0 spiro atoms. The van der Waals surface area contributed by atoms with Gasteiger partial charge in [-0.2, -0.15) is 0 Å². The molecule has 2 aromatic rings. The summed E-state index contributed by atoms with van der Waals surface area (Å²) in [6, 6.07) is 5.63. The van der Waals surface area contributed by atoms with Crippen LogP contribution in [0.1, 0.15) is 67.5 Å². The lowest BCUT2D eigenvalue weighted by Gasteiger charge is -2.23. The van der Waals surface area contributed by atoms with Crippen LogP contribution < -0.4 is 0 Å². The van der Waals surface area contributed by atoms with Crippen molar-refractivity contribution in [1.82, 2.24) is 9.97 Å². The SMILES string of the molecule is C/C(=N\OCC(C)(C)CO/N=C1/CCCc2c(S(C)(=O)=O)cc(C)nc21)c1cc(C)cc(C)n1. The number of nitrogens with zero attached hydrogens (tertiary/aromatic N) is 4. The number of hydrogen-bond donors (Lipinski definition) is 0. The number of aryl methyl sites for hydroxylation is 3. The molecule has 0 saturated carbocycles. The van der Waals surface area contributed by atoms with Crippen molar-refractivity contribution < 1.29 is 18.1 Å². The largest absolute Gasteiger partial charge is 0.395 e. The third-order valence-corrected chi connectivity index (χ3v) is 6.64. The van der Waals surface area contributed by atoms with Crippen LogP contribution >= 0.6 is 0 Å². The molecule has 0 radical (unpaired) electrons. The molecule has 1 aliphatic rings. The first-order chi connectivity index (χ1) is 15.9. The van der Waals surface area contributed by atoms with Gasteiger partial charge in [0, 0.05) is 23.1 Å². The highest BCUT2D eigenvalue weighted by molar-refractivity contribution is 7.90. The van der Waals surface area contributed by atoms with E-state index >= 15 is 0 Å². The molecule has 2 heterocycles. The van der Waals surface area contributed by atoms with Gasteiger partial charge in [0.25, 0.3) is 0 Å². The molecular weight excluding hydrogens is 452 g/mol. The highest BCUT2D eigenvalue weighted by atomic mass is 32.2. The van der Waals surface area contributed by atoms with Gasteiger partial charge in [0.2, 0.25) is 0 Å². The molecule has 0 N–H and O–H groups in total. The standard InChI is InChI=1S/C25H34N4O4S/c1-16-11-17(2)26-22(12-16)19(4)28-32-14-25(5,6)15-33-29-21-10-8-9-20-23(34(7,30)31)13-18(3)27-24(20)21/h11-13H,8-10,14-15H2,1-7H3/b28-19+,29-21-. The van der Waals surface area contributed by atoms with E-state index in [0.717, 1.165) is 28.9 Å². The zero-order valence-electron chi connectivity index (χ0n) is 21.1. The lowest BCUT2D eigenvalue weighted by Crippen LogP contribution is -2.25. The van der Waals surface area contributed by atoms with Crippen molar-refractivity contribution in [3.63, 3.8) is 0 Å². The summed E-state index contributed by atoms with van der Waals surface area (Å²) in [4.78, 5) is 20.7. The molecule has 0 amide bonds. The number of hydrogen-bond acceptors (Lipinski definition) is 8. The lowest BCUT2D eigenvalue weighted by molar-refractivity contribution is -0.000161. The minimum Gasteiger partial charge on any atom is -0.395 e. The fourth-order valence-corrected chi connectivity index (χ4v) is 4.86. The number of sulfone groups is 1. The van der Waals surface area contributed by atoms with Crippen LogP contribution in [-0.4, -0.2) is 49.3 Å². The zero-order chi connectivity index (χ0) is 25.1. The van der Waals surface area contributed by atoms with E-state index in [1.54, 1.807) is 13.0 Å². The molecule has 34 heavy (non-hydrogen) atoms. The maximum Gasteiger partial charge on any atom is 0.175 e. The van der Waals surface area contributed by atoms with Crippen molar-refractivity contribution in [3.05, 3.63) is 52.1 Å². The first kappa shape index (κ1) is 25.8. The minimum atomic E-state index is -3.35. The molecule has 0 aromatic carbocycles. The molecule has 3 rings (SSSR count). The summed E-state index contributed by atoms with van der Waals surface area (Å²) in [5, 5.41) is 8.57. The van der Waals surface area contributed by atoms with Crippen molar-refractivity contribution in [2.45, 2.75) is 65.7 Å². The molecule has 0 aliphatic heterocycles. The predicted octanol–water partition coefficient (Wildman–Crippen LogP) is 4.33. The van der Waals surface area contributed by atoms with Gasteiger partial charge < -0.3 is 9.68 Å². The Labute approximate surface area is 202 Å². The van der Waals surface area contributed by atoms with Crippen LogP contribution in [0.2, 0.25) is 0 Å². The minimum absolute atomic E-state index is 0.312. The molecule has 0 atom stereocenters. The lowest BCUT2D eigenvalue weighted by atomic mass is 9.94. The van der Waals surface area contributed by atoms with Crippen LogP contribution in [0.3, 0.4) is 0 Å². The second-order valence-corrected chi connectivity index (χ2v) is 11.8. The van der Waals surface area contributed by atoms with Gasteiger partial charge in [-0.15, -0.1) is 0 Å². The van der Waals surface area contributed by atoms with Gasteiger partial charge >= 0.3 is 0 Å². The summed E-state index contributed by atoms with van der Waals surface area (Å²) in [6.45, 7) is 12.3. The average Bonchev–Trinajstić information content (AvgIpc) is 2.72. The maximum absolute atomic E-state index is 12.3. The van der Waals surface area contributed by atoms with Gasteiger partial charge in [-0.3, -0.25) is 9.97 Å². The van der Waals surface area contributed by atoms with Crippen molar-refractivity contribution in [2.75, 3.05) is 19.5 Å². The molecule has 0 unspecified atom stereocenters. The van der Waals surface area contributed by atoms with Gasteiger partial charge in [0.15, 0.2) is 9.84 Å². The molecule has 0 fully saturated rings. The Hall–Kier alpha value is -2.81. The maximum atomic E-state index is 12.3. The highest BCUT2D eigenvalue weighted by Gasteiger charge is 2.26. The Morgan fingerprint density at radius 2 is 1.71 bits per heavy atom. The Kier molecular flexibility index (Phi) is 7.75. The average molecular weight is 487 g/mol. The summed E-state index contributed by atoms with van der Waals surface area (Å²) in [5.74, 6) is 0. The predicted molar refractivity (Wildman–Crippen MR) is 133 cm³/mol. The number of rotatable bonds is 8. The van der Waals surface area contributed by atoms with Crippen molar-refractivity contribution in [3.8, 4) is 0 Å². The van der Waals surface area contributed by atoms with E-state index in [9.17, 15) is 8.42 Å². The molecule has 0 bridgehead atoms. The molecule has 1 aliphatic carbocycles. The summed E-state index contributed by atoms with van der Waals surface area (Å²) in [6.07, 6.45) is 3.38. The number of oxime groups is 2. The number of pyridine rings is 2. The first-order valence-electron chi connectivity index (χ1n) is 11.4. The quantitative estimate of drug-likeness (QED) is 0.406. The summed E-state index contributed by atoms with van der Waals surface area (Å²) in [5.41, 5.74) is 5.92. The Balaban J connectivity index is 1.66. The molecule has 2 aromatic heterocycles. The molecular formula is C25H34N4O4S. The van der Waals surface area contributed by atoms with E-state index in [1.165, 1.54) is 6.26 Å². The number of aromatic nitrogens is 2. The van der Waals surface area contributed by atoms with Gasteiger partial charge in [0.1, 0.15) is 24.6 Å². The van der Waals surface area contributed by atoms with Gasteiger partial charge in [-0.1, -0.05) is 24.2 Å². The van der Waals surface area contributed by atoms with Crippen LogP contribution in [0, 0.1) is 26.2 Å². The van der Waals surface area contributed by atoms with Gasteiger partial charge in [-0.05, 0) is 76.3 Å². The van der Waals surface area contributed by atoms with Crippen molar-refractivity contribution >= 4 is 21.3 Å². The molecule has 184 valence electrons. The van der Waals surface area contributed by atoms with Crippen molar-refractivity contribution in [2.24, 2.45) is 15.7 Å². The van der Waals surface area contributed by atoms with Gasteiger partial charge in [-0.25, -0.2) is 8.42 Å². The second-order valence-electron chi connectivity index (χ2n) is 9.81. The topological polar surface area (TPSA) is 103 Å². The van der Waals surface area contributed by atoms with Crippen LogP contribution in [0.4, 0.5) is 0 Å². The van der Waals surface area contributed by atoms with Gasteiger partial charge in [0.05, 0.1) is 16.3 Å². The van der Waals surface area contributed by atoms with E-state index in [4.69, 9.17) is 9.68 Å². The Morgan fingerprint density at radius 3 is 2.38 bits per heavy atom. The summed E-state index contributed by atoms with van der Waals surface area (Å²) in [7, 11) is -3.35. The monoisotopic (exact) mass is 486 g/mol. The van der Waals surface area contributed by atoms with Crippen LogP contribution in [0.15, 0.2) is 33.4 Å². The fourth-order valence-electron chi connectivity index (χ4n) is 3.82. The van der Waals surface area contributed by atoms with Crippen LogP contribution in [0.25, 0.3) is 0 Å². The summed E-state index contributed by atoms with van der Waals surface area (Å²) >= 11 is 0. The van der Waals surface area contributed by atoms with Crippen LogP contribution in [-0.2, 0) is 25.9 Å².